The quantitative estimate of drug-likeness (QED) is 0.146. The van der Waals surface area contributed by atoms with Crippen molar-refractivity contribution in [2.24, 2.45) is 0 Å². The molecule has 0 fully saturated rings. The van der Waals surface area contributed by atoms with Gasteiger partial charge in [0, 0.05) is 70.3 Å². The second-order valence-electron chi connectivity index (χ2n) is 12.5. The lowest BCUT2D eigenvalue weighted by molar-refractivity contribution is 1.39. The molecule has 0 N–H and O–H groups in total. The van der Waals surface area contributed by atoms with Crippen LogP contribution in [-0.4, -0.2) is 0 Å². The molecule has 0 spiro atoms. The van der Waals surface area contributed by atoms with Crippen LogP contribution in [0.3, 0.4) is 0 Å². The summed E-state index contributed by atoms with van der Waals surface area (Å²) >= 11 is 16.4. The van der Waals surface area contributed by atoms with Crippen LogP contribution in [0.4, 0.5) is 0 Å². The Labute approximate surface area is 343 Å². The molecule has 246 valence electrons. The van der Waals surface area contributed by atoms with Gasteiger partial charge in [-0.25, -0.2) is 0 Å². The van der Waals surface area contributed by atoms with Crippen molar-refractivity contribution in [3.8, 4) is 61.3 Å². The summed E-state index contributed by atoms with van der Waals surface area (Å²) in [7, 11) is 0. The monoisotopic (exact) mass is 978 g/mol. The number of benzene rings is 3. The topological polar surface area (TPSA) is 0 Å². The van der Waals surface area contributed by atoms with E-state index in [1.165, 1.54) is 109 Å². The Balaban J connectivity index is 1.36. The van der Waals surface area contributed by atoms with Gasteiger partial charge in [-0.15, -0.1) is 68.0 Å². The Kier molecular flexibility index (Phi) is 8.99. The standard InChI is InChI=1S/C42H28I2S6/c1-21-7-5-8-22(2)37(21)39-25-19-33(31-13-11-27(45-31)29-15-17-35(43)47-29)50-42(25)40(38-23(3)9-6-10-24(38)4)26-20-34(49-41(26)39)32-14-12-28(46-32)30-16-18-36(44)48-30/h5-20H,1-4H3. The second-order valence-corrected chi connectivity index (χ2v) is 22.8. The Morgan fingerprint density at radius 3 is 1.00 bits per heavy atom. The SMILES string of the molecule is Cc1cccc(C)c1-c1c2cc(-c3ccc(-c4ccc(I)s4)s3)sc2c(-c2c(C)cccc2C)c2cc(-c3ccc(-c4ccc(I)s4)s3)sc12. The van der Waals surface area contributed by atoms with E-state index >= 15 is 0 Å². The minimum atomic E-state index is 1.32. The van der Waals surface area contributed by atoms with Crippen molar-refractivity contribution < 1.29 is 0 Å². The van der Waals surface area contributed by atoms with E-state index in [1.54, 1.807) is 0 Å². The predicted molar refractivity (Wildman–Crippen MR) is 246 cm³/mol. The summed E-state index contributed by atoms with van der Waals surface area (Å²) in [4.78, 5) is 10.7. The van der Waals surface area contributed by atoms with Crippen LogP contribution < -0.4 is 0 Å². The van der Waals surface area contributed by atoms with Crippen molar-refractivity contribution in [1.29, 1.82) is 0 Å². The van der Waals surface area contributed by atoms with Gasteiger partial charge in [0.2, 0.25) is 0 Å². The molecule has 6 heterocycles. The van der Waals surface area contributed by atoms with E-state index < -0.39 is 0 Å². The lowest BCUT2D eigenvalue weighted by atomic mass is 9.87. The summed E-state index contributed by atoms with van der Waals surface area (Å²) in [6.45, 7) is 9.12. The zero-order valence-corrected chi connectivity index (χ0v) is 36.7. The first-order valence-corrected chi connectivity index (χ1v) is 23.2. The van der Waals surface area contributed by atoms with E-state index in [1.807, 2.05) is 68.0 Å². The van der Waals surface area contributed by atoms with Gasteiger partial charge in [0.1, 0.15) is 0 Å². The van der Waals surface area contributed by atoms with Crippen LogP contribution in [0.15, 0.2) is 97.1 Å². The van der Waals surface area contributed by atoms with Gasteiger partial charge in [0.05, 0.1) is 5.77 Å². The molecule has 0 amide bonds. The summed E-state index contributed by atoms with van der Waals surface area (Å²) in [6, 6.07) is 36.8. The molecule has 3 aromatic carbocycles. The van der Waals surface area contributed by atoms with Gasteiger partial charge < -0.3 is 0 Å². The van der Waals surface area contributed by atoms with Crippen LogP contribution in [-0.2, 0) is 0 Å². The van der Waals surface area contributed by atoms with E-state index in [-0.39, 0.29) is 0 Å². The van der Waals surface area contributed by atoms with Crippen LogP contribution >= 0.6 is 113 Å². The van der Waals surface area contributed by atoms with Crippen LogP contribution in [0.25, 0.3) is 81.4 Å². The van der Waals surface area contributed by atoms with E-state index in [0.717, 1.165) is 0 Å². The molecular weight excluding hydrogens is 951 g/mol. The number of halogens is 2. The van der Waals surface area contributed by atoms with E-state index in [9.17, 15) is 0 Å². The third-order valence-electron chi connectivity index (χ3n) is 9.25. The highest BCUT2D eigenvalue weighted by molar-refractivity contribution is 14.1. The predicted octanol–water partition coefficient (Wildman–Crippen LogP) is 16.8. The molecule has 0 aliphatic carbocycles. The molecule has 50 heavy (non-hydrogen) atoms. The third kappa shape index (κ3) is 5.82. The summed E-state index contributed by atoms with van der Waals surface area (Å²) in [5, 5.41) is 2.73. The molecule has 0 unspecified atom stereocenters. The maximum Gasteiger partial charge on any atom is 0.0660 e. The van der Waals surface area contributed by atoms with E-state index in [4.69, 9.17) is 0 Å². The van der Waals surface area contributed by atoms with Gasteiger partial charge in [0.25, 0.3) is 0 Å². The number of rotatable bonds is 6. The van der Waals surface area contributed by atoms with E-state index in [2.05, 4.69) is 170 Å². The van der Waals surface area contributed by atoms with Gasteiger partial charge in [0.15, 0.2) is 0 Å². The minimum absolute atomic E-state index is 1.32. The highest BCUT2D eigenvalue weighted by atomic mass is 127. The first-order chi connectivity index (χ1) is 24.2. The fourth-order valence-electron chi connectivity index (χ4n) is 7.03. The van der Waals surface area contributed by atoms with Crippen LogP contribution in [0.5, 0.6) is 0 Å². The molecule has 8 heteroatoms. The average Bonchev–Trinajstić information content (AvgIpc) is 3.93. The fraction of sp³-hybridized carbons (Fsp3) is 0.0952. The third-order valence-corrected chi connectivity index (χ3v) is 18.3. The normalized spacial score (nSPS) is 11.8. The molecule has 0 bridgehead atoms. The molecule has 0 saturated carbocycles. The molecule has 6 aromatic heterocycles. The highest BCUT2D eigenvalue weighted by Crippen LogP contribution is 2.55. The summed E-state index contributed by atoms with van der Waals surface area (Å²) < 4.78 is 5.41. The van der Waals surface area contributed by atoms with Gasteiger partial charge in [-0.1, -0.05) is 36.4 Å². The molecule has 0 nitrogen and oxygen atoms in total. The molecule has 0 aliphatic rings. The summed E-state index contributed by atoms with van der Waals surface area (Å²) in [5.74, 6) is 0. The Hall–Kier alpha value is -2.16. The van der Waals surface area contributed by atoms with Gasteiger partial charge in [-0.2, -0.15) is 0 Å². The molecular formula is C42H28I2S6. The first-order valence-electron chi connectivity index (χ1n) is 16.1. The van der Waals surface area contributed by atoms with E-state index in [0.29, 0.717) is 0 Å². The Morgan fingerprint density at radius 1 is 0.340 bits per heavy atom. The molecule has 0 radical (unpaired) electrons. The van der Waals surface area contributed by atoms with Crippen molar-refractivity contribution >= 4 is 133 Å². The largest absolute Gasteiger partial charge is 0.134 e. The van der Waals surface area contributed by atoms with Crippen LogP contribution in [0.1, 0.15) is 22.3 Å². The fourth-order valence-corrected chi connectivity index (χ4v) is 15.1. The number of thiophene rings is 6. The highest BCUT2D eigenvalue weighted by Gasteiger charge is 2.26. The van der Waals surface area contributed by atoms with Crippen molar-refractivity contribution in [2.75, 3.05) is 0 Å². The van der Waals surface area contributed by atoms with Gasteiger partial charge in [-0.3, -0.25) is 0 Å². The minimum Gasteiger partial charge on any atom is -0.134 e. The first kappa shape index (κ1) is 33.7. The van der Waals surface area contributed by atoms with Crippen molar-refractivity contribution in [3.63, 3.8) is 0 Å². The number of aryl methyl sites for hydroxylation is 4. The summed E-state index contributed by atoms with van der Waals surface area (Å²) in [6.07, 6.45) is 0. The number of fused-ring (bicyclic) bond motifs is 2. The molecule has 9 aromatic rings. The maximum absolute atomic E-state index is 2.51. The van der Waals surface area contributed by atoms with Crippen LogP contribution in [0, 0.1) is 33.5 Å². The van der Waals surface area contributed by atoms with Gasteiger partial charge >= 0.3 is 0 Å². The lowest BCUT2D eigenvalue weighted by Gasteiger charge is -2.18. The molecule has 0 aliphatic heterocycles. The lowest BCUT2D eigenvalue weighted by Crippen LogP contribution is -1.93. The Morgan fingerprint density at radius 2 is 0.660 bits per heavy atom. The van der Waals surface area contributed by atoms with Crippen molar-refractivity contribution in [3.05, 3.63) is 125 Å². The smallest absolute Gasteiger partial charge is 0.0660 e. The second kappa shape index (κ2) is 13.4. The van der Waals surface area contributed by atoms with Crippen molar-refractivity contribution in [1.82, 2.24) is 0 Å². The van der Waals surface area contributed by atoms with Crippen molar-refractivity contribution in [2.45, 2.75) is 27.7 Å². The zero-order chi connectivity index (χ0) is 34.3. The number of hydrogen-bond acceptors (Lipinski definition) is 6. The Bertz CT molecular complexity index is 2460. The molecule has 9 rings (SSSR count). The number of hydrogen-bond donors (Lipinski definition) is 0. The summed E-state index contributed by atoms with van der Waals surface area (Å²) in [5.41, 5.74) is 10.8. The molecule has 0 saturated heterocycles. The van der Waals surface area contributed by atoms with Crippen LogP contribution in [0.2, 0.25) is 0 Å². The molecule has 0 atom stereocenters. The average molecular weight is 979 g/mol. The van der Waals surface area contributed by atoms with Gasteiger partial charge in [-0.05, 0) is 167 Å². The zero-order valence-electron chi connectivity index (χ0n) is 27.4. The maximum atomic E-state index is 2.51.